The summed E-state index contributed by atoms with van der Waals surface area (Å²) in [6.07, 6.45) is 2.86. The summed E-state index contributed by atoms with van der Waals surface area (Å²) in [5.74, 6) is 4.35. The first kappa shape index (κ1) is 24.4. The molecule has 1 aliphatic rings. The van der Waals surface area contributed by atoms with Crippen LogP contribution in [0.1, 0.15) is 49.7 Å². The molecule has 1 fully saturated rings. The smallest absolute Gasteiger partial charge is 0.246 e. The number of hydroxylamine groups is 1. The highest BCUT2D eigenvalue weighted by molar-refractivity contribution is 5.93. The van der Waals surface area contributed by atoms with E-state index in [4.69, 9.17) is 11.0 Å². The maximum absolute atomic E-state index is 12.2. The second-order valence-electron chi connectivity index (χ2n) is 8.47. The van der Waals surface area contributed by atoms with Crippen LogP contribution in [0.2, 0.25) is 0 Å². The molecule has 0 bridgehead atoms. The molecule has 9 nitrogen and oxygen atoms in total. The molecule has 0 heterocycles. The van der Waals surface area contributed by atoms with Crippen LogP contribution in [0.15, 0.2) is 48.5 Å². The van der Waals surface area contributed by atoms with Gasteiger partial charge in [0, 0.05) is 42.1 Å². The Kier molecular flexibility index (Phi) is 8.53. The number of nitrogens with one attached hydrogen (secondary N) is 4. The van der Waals surface area contributed by atoms with Crippen molar-refractivity contribution in [3.8, 4) is 0 Å². The fourth-order valence-corrected chi connectivity index (χ4v) is 3.69. The second-order valence-corrected chi connectivity index (χ2v) is 8.47. The van der Waals surface area contributed by atoms with Crippen molar-refractivity contribution in [3.05, 3.63) is 59.7 Å². The quantitative estimate of drug-likeness (QED) is 0.175. The highest BCUT2D eigenvalue weighted by Gasteiger charge is 2.37. The Balaban J connectivity index is 1.36. The fraction of sp³-hybridized carbons (Fsp3) is 0.375. The summed E-state index contributed by atoms with van der Waals surface area (Å²) in [5.41, 5.74) is 8.02. The van der Waals surface area contributed by atoms with Crippen LogP contribution in [0.4, 0.5) is 11.4 Å². The first-order valence-corrected chi connectivity index (χ1v) is 11.1. The van der Waals surface area contributed by atoms with Crippen LogP contribution in [0.5, 0.6) is 0 Å². The molecule has 1 saturated carbocycles. The van der Waals surface area contributed by atoms with Crippen LogP contribution in [0, 0.1) is 5.92 Å². The predicted octanol–water partition coefficient (Wildman–Crippen LogP) is 2.44. The van der Waals surface area contributed by atoms with E-state index in [1.807, 2.05) is 36.4 Å². The zero-order valence-corrected chi connectivity index (χ0v) is 18.6. The molecule has 9 heteroatoms. The molecule has 176 valence electrons. The van der Waals surface area contributed by atoms with Gasteiger partial charge in [0.2, 0.25) is 17.7 Å². The molecule has 1 aliphatic carbocycles. The Morgan fingerprint density at radius 3 is 2.18 bits per heavy atom. The number of anilines is 2. The number of carbonyl (C=O) groups is 3. The lowest BCUT2D eigenvalue weighted by atomic mass is 10.1. The first-order valence-electron chi connectivity index (χ1n) is 11.1. The largest absolute Gasteiger partial charge is 0.326 e. The van der Waals surface area contributed by atoms with Gasteiger partial charge in [0.25, 0.3) is 0 Å². The molecule has 2 aromatic carbocycles. The minimum atomic E-state index is -0.627. The average molecular weight is 454 g/mol. The third-order valence-electron chi connectivity index (χ3n) is 5.78. The van der Waals surface area contributed by atoms with Gasteiger partial charge >= 0.3 is 0 Å². The molecule has 3 atom stereocenters. The van der Waals surface area contributed by atoms with Crippen molar-refractivity contribution in [1.82, 2.24) is 10.9 Å². The number of nitrogens with two attached hydrogens (primary N) is 1. The lowest BCUT2D eigenvalue weighted by molar-refractivity contribution is -0.135. The topological polar surface area (TPSA) is 146 Å². The summed E-state index contributed by atoms with van der Waals surface area (Å²) in [6, 6.07) is 15.6. The number of rotatable bonds is 11. The third kappa shape index (κ3) is 7.38. The number of hydrazine groups is 1. The van der Waals surface area contributed by atoms with Crippen molar-refractivity contribution >= 4 is 29.1 Å². The van der Waals surface area contributed by atoms with Crippen LogP contribution < -0.4 is 27.4 Å². The molecule has 0 spiro atoms. The minimum Gasteiger partial charge on any atom is -0.326 e. The Hall–Kier alpha value is -3.27. The maximum Gasteiger partial charge on any atom is 0.246 e. The van der Waals surface area contributed by atoms with Gasteiger partial charge in [-0.3, -0.25) is 30.9 Å². The highest BCUT2D eigenvalue weighted by Crippen LogP contribution is 2.40. The van der Waals surface area contributed by atoms with Gasteiger partial charge in [-0.25, -0.2) is 5.48 Å². The first-order chi connectivity index (χ1) is 15.9. The van der Waals surface area contributed by atoms with Gasteiger partial charge in [0.15, 0.2) is 0 Å². The summed E-state index contributed by atoms with van der Waals surface area (Å²) in [6.45, 7) is 1.56. The molecule has 1 unspecified atom stereocenters. The minimum absolute atomic E-state index is 0.0272. The summed E-state index contributed by atoms with van der Waals surface area (Å²) in [7, 11) is 0. The molecule has 3 rings (SSSR count). The van der Waals surface area contributed by atoms with E-state index in [9.17, 15) is 14.4 Å². The average Bonchev–Trinajstić information content (AvgIpc) is 3.60. The van der Waals surface area contributed by atoms with Crippen LogP contribution in [0.3, 0.4) is 0 Å². The molecule has 0 radical (unpaired) electrons. The van der Waals surface area contributed by atoms with Crippen LogP contribution in [-0.2, 0) is 20.8 Å². The number of hydrogen-bond acceptors (Lipinski definition) is 6. The lowest BCUT2D eigenvalue weighted by Crippen LogP contribution is -2.29. The number of amides is 3. The van der Waals surface area contributed by atoms with E-state index in [0.717, 1.165) is 24.1 Å². The number of benzene rings is 2. The van der Waals surface area contributed by atoms with E-state index < -0.39 is 11.8 Å². The van der Waals surface area contributed by atoms with E-state index in [-0.39, 0.29) is 18.2 Å². The lowest BCUT2D eigenvalue weighted by Gasteiger charge is -2.10. The van der Waals surface area contributed by atoms with Crippen molar-refractivity contribution in [3.63, 3.8) is 0 Å². The van der Waals surface area contributed by atoms with E-state index in [1.54, 1.807) is 24.5 Å². The van der Waals surface area contributed by atoms with Gasteiger partial charge in [-0.15, -0.1) is 0 Å². The maximum atomic E-state index is 12.2. The Bertz CT molecular complexity index is 962. The van der Waals surface area contributed by atoms with Gasteiger partial charge in [0.1, 0.15) is 0 Å². The molecule has 0 aliphatic heterocycles. The number of aryl methyl sites for hydroxylation is 1. The fourth-order valence-electron chi connectivity index (χ4n) is 3.69. The number of hydrogen-bond donors (Lipinski definition) is 6. The monoisotopic (exact) mass is 453 g/mol. The molecular formula is C24H31N5O4. The zero-order valence-electron chi connectivity index (χ0n) is 18.6. The van der Waals surface area contributed by atoms with Crippen LogP contribution in [0.25, 0.3) is 0 Å². The Labute approximate surface area is 193 Å². The highest BCUT2D eigenvalue weighted by atomic mass is 16.5. The summed E-state index contributed by atoms with van der Waals surface area (Å²) in [4.78, 5) is 35.5. The Morgan fingerprint density at radius 2 is 1.61 bits per heavy atom. The standard InChI is InChI=1S/C24H31N5O4/c1-15(24(32)29-33)13-23(31)27-18-9-5-16(6-10-18)3-2-4-22(30)26-19-11-7-17(8-12-19)20-14-21(20)28-25/h5-12,15,20-21,28,33H,2-4,13-14,25H2,1H3,(H,26,30)(H,27,31)(H,29,32)/t15?,20-,21-/m1/s1. The van der Waals surface area contributed by atoms with Crippen LogP contribution in [-0.4, -0.2) is 29.0 Å². The zero-order chi connectivity index (χ0) is 23.8. The second kappa shape index (κ2) is 11.6. The van der Waals surface area contributed by atoms with Crippen molar-refractivity contribution in [2.45, 2.75) is 51.0 Å². The summed E-state index contributed by atoms with van der Waals surface area (Å²) >= 11 is 0. The third-order valence-corrected chi connectivity index (χ3v) is 5.78. The van der Waals surface area contributed by atoms with Crippen LogP contribution >= 0.6 is 0 Å². The molecular weight excluding hydrogens is 422 g/mol. The van der Waals surface area contributed by atoms with E-state index in [2.05, 4.69) is 16.1 Å². The van der Waals surface area contributed by atoms with Gasteiger partial charge in [0.05, 0.1) is 0 Å². The van der Waals surface area contributed by atoms with E-state index in [0.29, 0.717) is 30.5 Å². The Morgan fingerprint density at radius 1 is 1.00 bits per heavy atom. The number of carbonyl (C=O) groups excluding carboxylic acids is 3. The van der Waals surface area contributed by atoms with Crippen molar-refractivity contribution in [2.75, 3.05) is 10.6 Å². The normalized spacial score (nSPS) is 17.7. The molecule has 3 amide bonds. The van der Waals surface area contributed by atoms with Gasteiger partial charge < -0.3 is 10.6 Å². The van der Waals surface area contributed by atoms with Gasteiger partial charge in [-0.2, -0.15) is 0 Å². The summed E-state index contributed by atoms with van der Waals surface area (Å²) in [5, 5.41) is 14.3. The molecule has 2 aromatic rings. The van der Waals surface area contributed by atoms with Crippen molar-refractivity contribution in [1.29, 1.82) is 0 Å². The SMILES string of the molecule is CC(CC(=O)Nc1ccc(CCCC(=O)Nc2ccc([C@H]3C[C@H]3NN)cc2)cc1)C(=O)NO. The van der Waals surface area contributed by atoms with Crippen molar-refractivity contribution < 1.29 is 19.6 Å². The molecule has 0 aromatic heterocycles. The predicted molar refractivity (Wildman–Crippen MR) is 125 cm³/mol. The van der Waals surface area contributed by atoms with Gasteiger partial charge in [-0.1, -0.05) is 31.2 Å². The molecule has 33 heavy (non-hydrogen) atoms. The summed E-state index contributed by atoms with van der Waals surface area (Å²) < 4.78 is 0. The molecule has 7 N–H and O–H groups in total. The van der Waals surface area contributed by atoms with E-state index >= 15 is 0 Å². The van der Waals surface area contributed by atoms with E-state index in [1.165, 1.54) is 5.56 Å². The molecule has 0 saturated heterocycles. The van der Waals surface area contributed by atoms with Crippen molar-refractivity contribution in [2.24, 2.45) is 11.8 Å². The van der Waals surface area contributed by atoms with Gasteiger partial charge in [-0.05, 0) is 54.7 Å².